The normalized spacial score (nSPS) is 17.0. The Morgan fingerprint density at radius 1 is 1.35 bits per heavy atom. The molecule has 1 heterocycles. The van der Waals surface area contributed by atoms with Crippen LogP contribution in [0.4, 0.5) is 0 Å². The summed E-state index contributed by atoms with van der Waals surface area (Å²) in [5, 5.41) is 3.46. The van der Waals surface area contributed by atoms with E-state index in [-0.39, 0.29) is 0 Å². The zero-order valence-electron chi connectivity index (χ0n) is 14.7. The molecule has 2 rings (SSSR count). The van der Waals surface area contributed by atoms with Crippen LogP contribution in [-0.2, 0) is 13.1 Å². The third-order valence-electron chi connectivity index (χ3n) is 4.48. The Morgan fingerprint density at radius 2 is 2.00 bits per heavy atom. The number of nitrogens with one attached hydrogen (secondary N) is 1. The Labute approximate surface area is 142 Å². The Bertz CT molecular complexity index is 564. The fraction of sp³-hybridized carbons (Fsp3) is 0.400. The van der Waals surface area contributed by atoms with Gasteiger partial charge in [0.05, 0.1) is 0 Å². The molecule has 0 amide bonds. The fourth-order valence-electron chi connectivity index (χ4n) is 2.99. The zero-order valence-corrected chi connectivity index (χ0v) is 14.7. The lowest BCUT2D eigenvalue weighted by Crippen LogP contribution is -2.37. The quantitative estimate of drug-likeness (QED) is 0.581. The van der Waals surface area contributed by atoms with Crippen LogP contribution in [0.15, 0.2) is 60.1 Å². The van der Waals surface area contributed by atoms with Crippen molar-refractivity contribution in [2.45, 2.75) is 39.3 Å². The first kappa shape index (κ1) is 17.8. The SMILES string of the molecule is C=C/C(C)=C\C([B]CC(CN1Cc2ccccc2C1)NC)=C/C. The van der Waals surface area contributed by atoms with Gasteiger partial charge in [-0.05, 0) is 32.0 Å². The van der Waals surface area contributed by atoms with E-state index in [2.05, 4.69) is 81.4 Å². The number of allylic oxidation sites excluding steroid dienone is 5. The number of rotatable bonds is 8. The molecule has 2 nitrogen and oxygen atoms in total. The van der Waals surface area contributed by atoms with Gasteiger partial charge in [0.25, 0.3) is 0 Å². The van der Waals surface area contributed by atoms with Crippen LogP contribution in [0.1, 0.15) is 25.0 Å². The molecule has 0 saturated heterocycles. The van der Waals surface area contributed by atoms with Gasteiger partial charge in [-0.15, -0.1) is 0 Å². The fourth-order valence-corrected chi connectivity index (χ4v) is 2.99. The summed E-state index contributed by atoms with van der Waals surface area (Å²) in [7, 11) is 4.37. The molecule has 0 aliphatic carbocycles. The van der Waals surface area contributed by atoms with Crippen LogP contribution in [0.25, 0.3) is 0 Å². The predicted molar refractivity (Wildman–Crippen MR) is 102 cm³/mol. The van der Waals surface area contributed by atoms with E-state index in [0.29, 0.717) is 6.04 Å². The molecule has 0 spiro atoms. The van der Waals surface area contributed by atoms with Crippen LogP contribution in [0.3, 0.4) is 0 Å². The molecule has 0 bridgehead atoms. The van der Waals surface area contributed by atoms with Gasteiger partial charge in [0, 0.05) is 25.7 Å². The molecule has 121 valence electrons. The van der Waals surface area contributed by atoms with Crippen LogP contribution in [-0.4, -0.2) is 31.8 Å². The molecule has 3 heteroatoms. The van der Waals surface area contributed by atoms with Crippen molar-refractivity contribution in [2.24, 2.45) is 0 Å². The summed E-state index contributed by atoms with van der Waals surface area (Å²) in [5.74, 6) is 0. The molecular weight excluding hydrogens is 279 g/mol. The minimum absolute atomic E-state index is 0.469. The highest BCUT2D eigenvalue weighted by Crippen LogP contribution is 2.22. The summed E-state index contributed by atoms with van der Waals surface area (Å²) in [6.45, 7) is 11.2. The molecule has 23 heavy (non-hydrogen) atoms. The molecular formula is C20H28BN2. The lowest BCUT2D eigenvalue weighted by Gasteiger charge is -2.23. The molecule has 0 aromatic heterocycles. The largest absolute Gasteiger partial charge is 0.316 e. The number of fused-ring (bicyclic) bond motifs is 1. The summed E-state index contributed by atoms with van der Waals surface area (Å²) >= 11 is 0. The average molecular weight is 307 g/mol. The van der Waals surface area contributed by atoms with E-state index in [1.54, 1.807) is 0 Å². The molecule has 1 aromatic carbocycles. The van der Waals surface area contributed by atoms with Crippen molar-refractivity contribution in [3.8, 4) is 0 Å². The minimum atomic E-state index is 0.469. The van der Waals surface area contributed by atoms with E-state index < -0.39 is 0 Å². The first-order valence-electron chi connectivity index (χ1n) is 8.43. The highest BCUT2D eigenvalue weighted by Gasteiger charge is 2.20. The Hall–Kier alpha value is -1.58. The Balaban J connectivity index is 1.86. The topological polar surface area (TPSA) is 15.3 Å². The van der Waals surface area contributed by atoms with Crippen molar-refractivity contribution in [3.63, 3.8) is 0 Å². The van der Waals surface area contributed by atoms with Crippen molar-refractivity contribution < 1.29 is 0 Å². The van der Waals surface area contributed by atoms with E-state index in [1.807, 2.05) is 6.08 Å². The van der Waals surface area contributed by atoms with Crippen molar-refractivity contribution in [1.29, 1.82) is 0 Å². The van der Waals surface area contributed by atoms with Gasteiger partial charge in [-0.3, -0.25) is 4.90 Å². The number of likely N-dealkylation sites (N-methyl/N-ethyl adjacent to an activating group) is 1. The predicted octanol–water partition coefficient (Wildman–Crippen LogP) is 3.75. The number of nitrogens with zero attached hydrogens (tertiary/aromatic N) is 1. The van der Waals surface area contributed by atoms with Crippen LogP contribution in [0, 0.1) is 0 Å². The number of hydrogen-bond donors (Lipinski definition) is 1. The highest BCUT2D eigenvalue weighted by molar-refractivity contribution is 6.46. The summed E-state index contributed by atoms with van der Waals surface area (Å²) < 4.78 is 0. The molecule has 0 fully saturated rings. The van der Waals surface area contributed by atoms with Crippen LogP contribution >= 0.6 is 0 Å². The number of hydrogen-bond acceptors (Lipinski definition) is 2. The lowest BCUT2D eigenvalue weighted by molar-refractivity contribution is 0.258. The van der Waals surface area contributed by atoms with E-state index >= 15 is 0 Å². The van der Waals surface area contributed by atoms with Gasteiger partial charge in [-0.25, -0.2) is 0 Å². The Morgan fingerprint density at radius 3 is 2.52 bits per heavy atom. The second kappa shape index (κ2) is 8.90. The van der Waals surface area contributed by atoms with E-state index in [1.165, 1.54) is 22.2 Å². The maximum Gasteiger partial charge on any atom is 0.152 e. The third kappa shape index (κ3) is 5.23. The molecule has 1 aliphatic heterocycles. The minimum Gasteiger partial charge on any atom is -0.316 e. The second-order valence-corrected chi connectivity index (χ2v) is 6.24. The summed E-state index contributed by atoms with van der Waals surface area (Å²) in [5.41, 5.74) is 5.42. The molecule has 1 radical (unpaired) electrons. The van der Waals surface area contributed by atoms with Gasteiger partial charge in [-0.2, -0.15) is 0 Å². The smallest absolute Gasteiger partial charge is 0.152 e. The number of benzene rings is 1. The summed E-state index contributed by atoms with van der Waals surface area (Å²) in [6.07, 6.45) is 7.27. The second-order valence-electron chi connectivity index (χ2n) is 6.24. The zero-order chi connectivity index (χ0) is 16.7. The van der Waals surface area contributed by atoms with E-state index in [9.17, 15) is 0 Å². The van der Waals surface area contributed by atoms with Crippen molar-refractivity contribution in [3.05, 3.63) is 71.2 Å². The standard InChI is InChI=1S/C20H28BN2/c1-5-16(3)11-19(6-2)21-12-20(22-4)15-23-13-17-9-7-8-10-18(17)14-23/h5-11,20,22H,1,12-15H2,2-4H3/b16-11-,19-6+. The van der Waals surface area contributed by atoms with Crippen molar-refractivity contribution in [1.82, 2.24) is 10.2 Å². The van der Waals surface area contributed by atoms with Gasteiger partial charge < -0.3 is 5.32 Å². The monoisotopic (exact) mass is 307 g/mol. The molecule has 1 N–H and O–H groups in total. The maximum atomic E-state index is 3.82. The van der Waals surface area contributed by atoms with Gasteiger partial charge in [0.1, 0.15) is 0 Å². The maximum absolute atomic E-state index is 3.82. The molecule has 1 aliphatic rings. The summed E-state index contributed by atoms with van der Waals surface area (Å²) in [4.78, 5) is 2.53. The first-order valence-corrected chi connectivity index (χ1v) is 8.43. The third-order valence-corrected chi connectivity index (χ3v) is 4.48. The summed E-state index contributed by atoms with van der Waals surface area (Å²) in [6, 6.07) is 9.24. The average Bonchev–Trinajstić information content (AvgIpc) is 2.99. The van der Waals surface area contributed by atoms with Gasteiger partial charge >= 0.3 is 0 Å². The van der Waals surface area contributed by atoms with Gasteiger partial charge in [0.2, 0.25) is 0 Å². The molecule has 1 atom stereocenters. The van der Waals surface area contributed by atoms with Crippen LogP contribution in [0.2, 0.25) is 6.32 Å². The van der Waals surface area contributed by atoms with Gasteiger partial charge in [-0.1, -0.05) is 66.4 Å². The lowest BCUT2D eigenvalue weighted by atomic mass is 9.63. The van der Waals surface area contributed by atoms with Crippen LogP contribution < -0.4 is 5.32 Å². The van der Waals surface area contributed by atoms with Crippen LogP contribution in [0.5, 0.6) is 0 Å². The molecule has 1 unspecified atom stereocenters. The first-order chi connectivity index (χ1) is 11.2. The molecule has 0 saturated carbocycles. The van der Waals surface area contributed by atoms with Crippen molar-refractivity contribution in [2.75, 3.05) is 13.6 Å². The van der Waals surface area contributed by atoms with E-state index in [0.717, 1.165) is 26.0 Å². The highest BCUT2D eigenvalue weighted by atomic mass is 15.2. The molecule has 1 aromatic rings. The van der Waals surface area contributed by atoms with E-state index in [4.69, 9.17) is 0 Å². The van der Waals surface area contributed by atoms with Crippen molar-refractivity contribution >= 4 is 7.28 Å². The van der Waals surface area contributed by atoms with Gasteiger partial charge in [0.15, 0.2) is 7.28 Å². The Kier molecular flexibility index (Phi) is 6.88.